The van der Waals surface area contributed by atoms with Crippen LogP contribution in [0.15, 0.2) is 91.0 Å². The van der Waals surface area contributed by atoms with Crippen molar-refractivity contribution in [2.24, 2.45) is 0 Å². The molecule has 25 heavy (non-hydrogen) atoms. The first-order valence-corrected chi connectivity index (χ1v) is 8.60. The summed E-state index contributed by atoms with van der Waals surface area (Å²) >= 11 is 6.00. The average molecular weight is 345 g/mol. The summed E-state index contributed by atoms with van der Waals surface area (Å²) in [6, 6.07) is 30.7. The summed E-state index contributed by atoms with van der Waals surface area (Å²) in [4.78, 5) is 0. The molecule has 0 amide bonds. The van der Waals surface area contributed by atoms with Gasteiger partial charge in [-0.15, -0.1) is 0 Å². The maximum absolute atomic E-state index is 6.00. The summed E-state index contributed by atoms with van der Waals surface area (Å²) in [5, 5.41) is 5.61. The van der Waals surface area contributed by atoms with Gasteiger partial charge in [-0.25, -0.2) is 0 Å². The van der Waals surface area contributed by atoms with Crippen molar-refractivity contribution < 1.29 is 0 Å². The maximum atomic E-state index is 6.00. The van der Waals surface area contributed by atoms with Crippen LogP contribution in [0.25, 0.3) is 22.5 Å². The summed E-state index contributed by atoms with van der Waals surface area (Å²) in [6.07, 6.45) is 0. The van der Waals surface area contributed by atoms with E-state index >= 15 is 0 Å². The Morgan fingerprint density at radius 1 is 0.720 bits per heavy atom. The van der Waals surface area contributed by atoms with Crippen LogP contribution in [0.1, 0.15) is 5.56 Å². The van der Waals surface area contributed by atoms with Crippen LogP contribution in [0.5, 0.6) is 0 Å². The van der Waals surface area contributed by atoms with Gasteiger partial charge in [0.2, 0.25) is 0 Å². The third-order valence-corrected chi connectivity index (χ3v) is 4.42. The Morgan fingerprint density at radius 3 is 1.96 bits per heavy atom. The fraction of sp³-hybridized carbons (Fsp3) is 0.0455. The maximum Gasteiger partial charge on any atom is 0.0929 e. The standard InChI is InChI=1S/C22H17ClN2/c23-20-13-11-17(12-14-20)16-25-22(19-9-5-2-6-10-19)15-21(24-25)18-7-3-1-4-8-18/h1-15H,16H2. The first-order chi connectivity index (χ1) is 12.3. The zero-order valence-corrected chi connectivity index (χ0v) is 14.4. The van der Waals surface area contributed by atoms with Crippen molar-refractivity contribution in [3.63, 3.8) is 0 Å². The number of hydrogen-bond donors (Lipinski definition) is 0. The van der Waals surface area contributed by atoms with Gasteiger partial charge in [-0.1, -0.05) is 84.4 Å². The van der Waals surface area contributed by atoms with Crippen molar-refractivity contribution in [1.29, 1.82) is 0 Å². The van der Waals surface area contributed by atoms with Gasteiger partial charge in [0.1, 0.15) is 0 Å². The summed E-state index contributed by atoms with van der Waals surface area (Å²) < 4.78 is 2.06. The highest BCUT2D eigenvalue weighted by Crippen LogP contribution is 2.27. The van der Waals surface area contributed by atoms with Crippen molar-refractivity contribution >= 4 is 11.6 Å². The molecule has 0 bridgehead atoms. The molecule has 0 aliphatic carbocycles. The van der Waals surface area contributed by atoms with E-state index in [1.165, 1.54) is 5.56 Å². The van der Waals surface area contributed by atoms with Crippen LogP contribution < -0.4 is 0 Å². The lowest BCUT2D eigenvalue weighted by Crippen LogP contribution is -2.03. The fourth-order valence-corrected chi connectivity index (χ4v) is 3.02. The molecular formula is C22H17ClN2. The molecule has 0 saturated heterocycles. The van der Waals surface area contributed by atoms with Crippen LogP contribution >= 0.6 is 11.6 Å². The molecule has 3 heteroatoms. The van der Waals surface area contributed by atoms with Gasteiger partial charge in [0.05, 0.1) is 17.9 Å². The van der Waals surface area contributed by atoms with Crippen LogP contribution in [0.4, 0.5) is 0 Å². The van der Waals surface area contributed by atoms with Crippen LogP contribution in [-0.2, 0) is 6.54 Å². The zero-order valence-electron chi connectivity index (χ0n) is 13.6. The minimum atomic E-state index is 0.703. The third kappa shape index (κ3) is 3.49. The lowest BCUT2D eigenvalue weighted by atomic mass is 10.1. The Morgan fingerprint density at radius 2 is 1.32 bits per heavy atom. The number of hydrogen-bond acceptors (Lipinski definition) is 1. The highest BCUT2D eigenvalue weighted by molar-refractivity contribution is 6.30. The van der Waals surface area contributed by atoms with Crippen molar-refractivity contribution in [2.75, 3.05) is 0 Å². The molecule has 0 saturated carbocycles. The third-order valence-electron chi connectivity index (χ3n) is 4.16. The van der Waals surface area contributed by atoms with Gasteiger partial charge in [0, 0.05) is 10.6 Å². The van der Waals surface area contributed by atoms with E-state index in [4.69, 9.17) is 16.7 Å². The van der Waals surface area contributed by atoms with Gasteiger partial charge in [0.25, 0.3) is 0 Å². The topological polar surface area (TPSA) is 17.8 Å². The Labute approximate surface area is 152 Å². The number of halogens is 1. The minimum absolute atomic E-state index is 0.703. The fourth-order valence-electron chi connectivity index (χ4n) is 2.89. The molecule has 4 aromatic rings. The van der Waals surface area contributed by atoms with E-state index < -0.39 is 0 Å². The molecule has 1 aromatic heterocycles. The molecule has 1 heterocycles. The van der Waals surface area contributed by atoms with E-state index in [0.717, 1.165) is 27.5 Å². The second-order valence-electron chi connectivity index (χ2n) is 5.93. The van der Waals surface area contributed by atoms with Crippen LogP contribution in [0, 0.1) is 0 Å². The summed E-state index contributed by atoms with van der Waals surface area (Å²) in [7, 11) is 0. The summed E-state index contributed by atoms with van der Waals surface area (Å²) in [6.45, 7) is 0.703. The van der Waals surface area contributed by atoms with E-state index in [2.05, 4.69) is 47.1 Å². The van der Waals surface area contributed by atoms with E-state index in [9.17, 15) is 0 Å². The first-order valence-electron chi connectivity index (χ1n) is 8.23. The second-order valence-corrected chi connectivity index (χ2v) is 6.37. The highest BCUT2D eigenvalue weighted by Gasteiger charge is 2.11. The molecule has 0 fully saturated rings. The Bertz CT molecular complexity index is 958. The minimum Gasteiger partial charge on any atom is -0.260 e. The molecule has 0 aliphatic rings. The molecule has 0 aliphatic heterocycles. The molecule has 0 spiro atoms. The molecule has 122 valence electrons. The van der Waals surface area contributed by atoms with Gasteiger partial charge >= 0.3 is 0 Å². The van der Waals surface area contributed by atoms with Gasteiger partial charge in [-0.3, -0.25) is 4.68 Å². The lowest BCUT2D eigenvalue weighted by Gasteiger charge is -2.08. The predicted molar refractivity (Wildman–Crippen MR) is 104 cm³/mol. The van der Waals surface area contributed by atoms with E-state index in [0.29, 0.717) is 6.54 Å². The van der Waals surface area contributed by atoms with Crippen molar-refractivity contribution in [2.45, 2.75) is 6.54 Å². The molecule has 0 unspecified atom stereocenters. The smallest absolute Gasteiger partial charge is 0.0929 e. The molecule has 0 atom stereocenters. The zero-order chi connectivity index (χ0) is 17.1. The molecular weight excluding hydrogens is 328 g/mol. The van der Waals surface area contributed by atoms with E-state index in [1.54, 1.807) is 0 Å². The van der Waals surface area contributed by atoms with Gasteiger partial charge in [-0.05, 0) is 29.3 Å². The lowest BCUT2D eigenvalue weighted by molar-refractivity contribution is 0.697. The predicted octanol–water partition coefficient (Wildman–Crippen LogP) is 5.92. The van der Waals surface area contributed by atoms with Gasteiger partial charge in [-0.2, -0.15) is 5.10 Å². The number of nitrogens with zero attached hydrogens (tertiary/aromatic N) is 2. The molecule has 0 radical (unpaired) electrons. The number of benzene rings is 3. The second kappa shape index (κ2) is 6.96. The van der Waals surface area contributed by atoms with Crippen molar-refractivity contribution in [3.8, 4) is 22.5 Å². The molecule has 0 N–H and O–H groups in total. The Balaban J connectivity index is 1.78. The summed E-state index contributed by atoms with van der Waals surface area (Å²) in [5.74, 6) is 0. The van der Waals surface area contributed by atoms with Crippen LogP contribution in [0.3, 0.4) is 0 Å². The first kappa shape index (κ1) is 15.7. The Kier molecular flexibility index (Phi) is 4.36. The number of aromatic nitrogens is 2. The van der Waals surface area contributed by atoms with E-state index in [1.807, 2.05) is 48.5 Å². The van der Waals surface area contributed by atoms with Crippen LogP contribution in [0.2, 0.25) is 5.02 Å². The Hall–Kier alpha value is -2.84. The average Bonchev–Trinajstić information content (AvgIpc) is 3.09. The number of rotatable bonds is 4. The quantitative estimate of drug-likeness (QED) is 0.449. The SMILES string of the molecule is Clc1ccc(Cn2nc(-c3ccccc3)cc2-c2ccccc2)cc1. The van der Waals surface area contributed by atoms with Gasteiger partial charge < -0.3 is 0 Å². The largest absolute Gasteiger partial charge is 0.260 e. The molecule has 4 rings (SSSR count). The monoisotopic (exact) mass is 344 g/mol. The summed E-state index contributed by atoms with van der Waals surface area (Å²) in [5.41, 5.74) is 5.53. The highest BCUT2D eigenvalue weighted by atomic mass is 35.5. The van der Waals surface area contributed by atoms with Crippen LogP contribution in [-0.4, -0.2) is 9.78 Å². The van der Waals surface area contributed by atoms with E-state index in [-0.39, 0.29) is 0 Å². The molecule has 2 nitrogen and oxygen atoms in total. The van der Waals surface area contributed by atoms with Crippen molar-refractivity contribution in [1.82, 2.24) is 9.78 Å². The van der Waals surface area contributed by atoms with Gasteiger partial charge in [0.15, 0.2) is 0 Å². The molecule has 3 aromatic carbocycles. The van der Waals surface area contributed by atoms with Crippen molar-refractivity contribution in [3.05, 3.63) is 102 Å². The normalized spacial score (nSPS) is 10.8.